The summed E-state index contributed by atoms with van der Waals surface area (Å²) in [4.78, 5) is 9.06. The Hall–Kier alpha value is -3.00. The molecule has 2 aromatic heterocycles. The van der Waals surface area contributed by atoms with Gasteiger partial charge in [0, 0.05) is 30.2 Å². The Morgan fingerprint density at radius 3 is 2.36 bits per heavy atom. The fraction of sp³-hybridized carbons (Fsp3) is 0.231. The van der Waals surface area contributed by atoms with Crippen LogP contribution in [0.15, 0.2) is 79.2 Å². The van der Waals surface area contributed by atoms with Crippen molar-refractivity contribution in [1.29, 1.82) is 0 Å². The lowest BCUT2D eigenvalue weighted by Gasteiger charge is -2.10. The number of benzene rings is 1. The molecule has 3 rings (SSSR count). The molecule has 0 bridgehead atoms. The third-order valence-electron chi connectivity index (χ3n) is 4.94. The molecule has 0 unspecified atom stereocenters. The minimum absolute atomic E-state index is 0.806. The van der Waals surface area contributed by atoms with E-state index in [-0.39, 0.29) is 0 Å². The van der Waals surface area contributed by atoms with Crippen molar-refractivity contribution in [1.82, 2.24) is 9.97 Å². The van der Waals surface area contributed by atoms with Gasteiger partial charge in [0.25, 0.3) is 0 Å². The first-order valence-electron chi connectivity index (χ1n) is 9.85. The molecule has 1 aromatic carbocycles. The van der Waals surface area contributed by atoms with Gasteiger partial charge in [-0.1, -0.05) is 67.1 Å². The maximum atomic E-state index is 4.65. The molecule has 28 heavy (non-hydrogen) atoms. The molecule has 0 spiro atoms. The van der Waals surface area contributed by atoms with Crippen LogP contribution in [0.5, 0.6) is 0 Å². The summed E-state index contributed by atoms with van der Waals surface area (Å²) in [5, 5.41) is 0. The predicted molar refractivity (Wildman–Crippen MR) is 118 cm³/mol. The number of aromatic nitrogens is 2. The molecule has 0 fully saturated rings. The summed E-state index contributed by atoms with van der Waals surface area (Å²) in [6, 6.07) is 17.0. The van der Waals surface area contributed by atoms with Gasteiger partial charge in [-0.3, -0.25) is 9.97 Å². The van der Waals surface area contributed by atoms with E-state index in [0.717, 1.165) is 36.2 Å². The average Bonchev–Trinajstić information content (AvgIpc) is 2.70. The summed E-state index contributed by atoms with van der Waals surface area (Å²) < 4.78 is 0. The van der Waals surface area contributed by atoms with Gasteiger partial charge in [0.1, 0.15) is 0 Å². The van der Waals surface area contributed by atoms with E-state index in [1.165, 1.54) is 27.8 Å². The summed E-state index contributed by atoms with van der Waals surface area (Å²) in [6.45, 7) is 10.6. The van der Waals surface area contributed by atoms with Crippen LogP contribution in [-0.4, -0.2) is 9.97 Å². The van der Waals surface area contributed by atoms with Gasteiger partial charge in [-0.2, -0.15) is 0 Å². The predicted octanol–water partition coefficient (Wildman–Crippen LogP) is 6.28. The van der Waals surface area contributed by atoms with Crippen LogP contribution in [0.4, 0.5) is 0 Å². The first-order valence-corrected chi connectivity index (χ1v) is 9.85. The summed E-state index contributed by atoms with van der Waals surface area (Å²) >= 11 is 0. The van der Waals surface area contributed by atoms with Crippen LogP contribution in [0.3, 0.4) is 0 Å². The first-order chi connectivity index (χ1) is 13.5. The lowest BCUT2D eigenvalue weighted by Crippen LogP contribution is -1.96. The molecule has 0 aliphatic rings. The second-order valence-electron chi connectivity index (χ2n) is 7.31. The summed E-state index contributed by atoms with van der Waals surface area (Å²) in [7, 11) is 0. The van der Waals surface area contributed by atoms with E-state index in [1.54, 1.807) is 0 Å². The Kier molecular flexibility index (Phi) is 6.54. The van der Waals surface area contributed by atoms with Crippen LogP contribution in [0, 0.1) is 13.8 Å². The minimum Gasteiger partial charge on any atom is -0.261 e. The first kappa shape index (κ1) is 19.8. The number of rotatable bonds is 7. The van der Waals surface area contributed by atoms with E-state index in [1.807, 2.05) is 18.5 Å². The van der Waals surface area contributed by atoms with Crippen molar-refractivity contribution >= 4 is 5.57 Å². The van der Waals surface area contributed by atoms with Crippen LogP contribution in [0.2, 0.25) is 0 Å². The van der Waals surface area contributed by atoms with E-state index >= 15 is 0 Å². The fourth-order valence-electron chi connectivity index (χ4n) is 3.33. The molecule has 0 amide bonds. The maximum Gasteiger partial charge on any atom is 0.0447 e. The molecule has 2 heterocycles. The highest BCUT2D eigenvalue weighted by Crippen LogP contribution is 2.23. The lowest BCUT2D eigenvalue weighted by molar-refractivity contribution is 1.04. The zero-order chi connectivity index (χ0) is 19.9. The van der Waals surface area contributed by atoms with Crippen molar-refractivity contribution < 1.29 is 0 Å². The number of hydrogen-bond donors (Lipinski definition) is 0. The van der Waals surface area contributed by atoms with Gasteiger partial charge in [0.15, 0.2) is 0 Å². The highest BCUT2D eigenvalue weighted by atomic mass is 14.7. The van der Waals surface area contributed by atoms with Crippen molar-refractivity contribution in [2.24, 2.45) is 0 Å². The third-order valence-corrected chi connectivity index (χ3v) is 4.94. The van der Waals surface area contributed by atoms with E-state index in [9.17, 15) is 0 Å². The smallest absolute Gasteiger partial charge is 0.0447 e. The molecule has 0 aliphatic carbocycles. The van der Waals surface area contributed by atoms with E-state index in [4.69, 9.17) is 0 Å². The van der Waals surface area contributed by atoms with Crippen molar-refractivity contribution in [3.8, 4) is 0 Å². The standard InChI is InChI=1S/C26H28N2/c1-5-24(26-7-6-14-27-21(26)4)16-20(3)15-23-12-13-25(28-18-23)17-22-10-8-19(2)9-11-22/h6-14,16,18H,3,5,15,17H2,1-2,4H3/b24-16+. The quantitative estimate of drug-likeness (QED) is 0.459. The van der Waals surface area contributed by atoms with Gasteiger partial charge in [-0.25, -0.2) is 0 Å². The van der Waals surface area contributed by atoms with Crippen molar-refractivity contribution in [3.05, 3.63) is 113 Å². The Morgan fingerprint density at radius 2 is 1.71 bits per heavy atom. The molecule has 0 aliphatic heterocycles. The van der Waals surface area contributed by atoms with Crippen LogP contribution < -0.4 is 0 Å². The van der Waals surface area contributed by atoms with Gasteiger partial charge in [0.2, 0.25) is 0 Å². The molecule has 2 nitrogen and oxygen atoms in total. The zero-order valence-electron chi connectivity index (χ0n) is 17.1. The number of hydrogen-bond acceptors (Lipinski definition) is 2. The number of aryl methyl sites for hydroxylation is 2. The van der Waals surface area contributed by atoms with Crippen molar-refractivity contribution in [2.75, 3.05) is 0 Å². The molecular formula is C26H28N2. The van der Waals surface area contributed by atoms with Crippen LogP contribution in [0.1, 0.15) is 47.0 Å². The van der Waals surface area contributed by atoms with Crippen molar-refractivity contribution in [3.63, 3.8) is 0 Å². The van der Waals surface area contributed by atoms with E-state index in [0.29, 0.717) is 0 Å². The number of allylic oxidation sites excluding steroid dienone is 3. The SMILES string of the molecule is C=C(/C=C(\CC)c1cccnc1C)Cc1ccc(Cc2ccc(C)cc2)nc1. The van der Waals surface area contributed by atoms with Gasteiger partial charge in [-0.15, -0.1) is 0 Å². The molecule has 2 heteroatoms. The monoisotopic (exact) mass is 368 g/mol. The highest BCUT2D eigenvalue weighted by molar-refractivity contribution is 5.69. The normalized spacial score (nSPS) is 11.5. The largest absolute Gasteiger partial charge is 0.261 e. The topological polar surface area (TPSA) is 25.8 Å². The minimum atomic E-state index is 0.806. The summed E-state index contributed by atoms with van der Waals surface area (Å²) in [6.07, 6.45) is 8.64. The fourth-order valence-corrected chi connectivity index (χ4v) is 3.33. The van der Waals surface area contributed by atoms with E-state index < -0.39 is 0 Å². The Bertz CT molecular complexity index is 964. The molecule has 0 radical (unpaired) electrons. The van der Waals surface area contributed by atoms with Gasteiger partial charge >= 0.3 is 0 Å². The number of pyridine rings is 2. The summed E-state index contributed by atoms with van der Waals surface area (Å²) in [5.41, 5.74) is 9.49. The van der Waals surface area contributed by atoms with Gasteiger partial charge < -0.3 is 0 Å². The van der Waals surface area contributed by atoms with Crippen molar-refractivity contribution in [2.45, 2.75) is 40.0 Å². The van der Waals surface area contributed by atoms with E-state index in [2.05, 4.69) is 85.9 Å². The molecule has 142 valence electrons. The van der Waals surface area contributed by atoms with Gasteiger partial charge in [-0.05, 0) is 61.1 Å². The second kappa shape index (κ2) is 9.27. The van der Waals surface area contributed by atoms with Gasteiger partial charge in [0.05, 0.1) is 0 Å². The molecule has 0 N–H and O–H groups in total. The zero-order valence-corrected chi connectivity index (χ0v) is 17.1. The Morgan fingerprint density at radius 1 is 0.964 bits per heavy atom. The molecule has 3 aromatic rings. The van der Waals surface area contributed by atoms with Crippen LogP contribution in [-0.2, 0) is 12.8 Å². The Balaban J connectivity index is 1.66. The third kappa shape index (κ3) is 5.26. The molecule has 0 saturated heterocycles. The highest BCUT2D eigenvalue weighted by Gasteiger charge is 2.05. The summed E-state index contributed by atoms with van der Waals surface area (Å²) in [5.74, 6) is 0. The lowest BCUT2D eigenvalue weighted by atomic mass is 9.97. The molecule has 0 saturated carbocycles. The molecular weight excluding hydrogens is 340 g/mol. The van der Waals surface area contributed by atoms with Crippen LogP contribution >= 0.6 is 0 Å². The average molecular weight is 369 g/mol. The Labute approximate surface area is 168 Å². The van der Waals surface area contributed by atoms with Crippen LogP contribution in [0.25, 0.3) is 5.57 Å². The number of nitrogens with zero attached hydrogens (tertiary/aromatic N) is 2. The maximum absolute atomic E-state index is 4.65. The second-order valence-corrected chi connectivity index (χ2v) is 7.31. The molecule has 0 atom stereocenters.